The predicted octanol–water partition coefficient (Wildman–Crippen LogP) is 3.99. The summed E-state index contributed by atoms with van der Waals surface area (Å²) in [7, 11) is 0. The van der Waals surface area contributed by atoms with Crippen molar-refractivity contribution in [3.8, 4) is 10.6 Å². The van der Waals surface area contributed by atoms with Crippen LogP contribution in [0.4, 0.5) is 0 Å². The van der Waals surface area contributed by atoms with Crippen molar-refractivity contribution in [2.75, 3.05) is 0 Å². The monoisotopic (exact) mass is 261 g/mol. The Balaban J connectivity index is 2.23. The maximum atomic E-state index is 9.91. The van der Waals surface area contributed by atoms with Crippen LogP contribution in [0, 0.1) is 0 Å². The molecule has 0 spiro atoms. The van der Waals surface area contributed by atoms with E-state index in [1.165, 1.54) is 12.0 Å². The molecule has 1 aromatic heterocycles. The molecule has 1 aromatic carbocycles. The van der Waals surface area contributed by atoms with Crippen LogP contribution in [0.1, 0.15) is 38.4 Å². The van der Waals surface area contributed by atoms with E-state index in [4.69, 9.17) is 0 Å². The minimum absolute atomic E-state index is 0.736. The van der Waals surface area contributed by atoms with Crippen LogP contribution in [0.5, 0.6) is 0 Å². The average Bonchev–Trinajstić information content (AvgIpc) is 2.79. The van der Waals surface area contributed by atoms with Crippen LogP contribution in [0.2, 0.25) is 0 Å². The van der Waals surface area contributed by atoms with Crippen molar-refractivity contribution in [2.24, 2.45) is 0 Å². The highest BCUT2D eigenvalue weighted by Gasteiger charge is 2.19. The fourth-order valence-electron chi connectivity index (χ4n) is 1.79. The number of nitrogens with zero attached hydrogens (tertiary/aromatic N) is 1. The van der Waals surface area contributed by atoms with Gasteiger partial charge in [-0.15, -0.1) is 11.3 Å². The van der Waals surface area contributed by atoms with Gasteiger partial charge in [0.25, 0.3) is 0 Å². The van der Waals surface area contributed by atoms with E-state index >= 15 is 0 Å². The Hall–Kier alpha value is -1.19. The normalized spacial score (nSPS) is 11.8. The van der Waals surface area contributed by atoms with E-state index in [2.05, 4.69) is 36.2 Å². The van der Waals surface area contributed by atoms with Crippen molar-refractivity contribution in [1.29, 1.82) is 0 Å². The fraction of sp³-hybridized carbons (Fsp3) is 0.400. The lowest BCUT2D eigenvalue weighted by atomic mass is 10.1. The zero-order chi connectivity index (χ0) is 13.2. The van der Waals surface area contributed by atoms with Crippen molar-refractivity contribution < 1.29 is 5.11 Å². The van der Waals surface area contributed by atoms with E-state index in [1.54, 1.807) is 25.2 Å². The van der Waals surface area contributed by atoms with Crippen LogP contribution in [0.15, 0.2) is 29.6 Å². The summed E-state index contributed by atoms with van der Waals surface area (Å²) in [5.74, 6) is 0. The molecule has 0 radical (unpaired) electrons. The van der Waals surface area contributed by atoms with Gasteiger partial charge in [-0.3, -0.25) is 0 Å². The van der Waals surface area contributed by atoms with Crippen LogP contribution in [-0.2, 0) is 12.0 Å². The summed E-state index contributed by atoms with van der Waals surface area (Å²) >= 11 is 1.58. The predicted molar refractivity (Wildman–Crippen MR) is 76.8 cm³/mol. The van der Waals surface area contributed by atoms with Gasteiger partial charge in [-0.05, 0) is 25.8 Å². The molecule has 1 heterocycles. The van der Waals surface area contributed by atoms with Gasteiger partial charge in [-0.1, -0.05) is 37.6 Å². The Kier molecular flexibility index (Phi) is 3.83. The number of thiazole rings is 1. The number of hydrogen-bond donors (Lipinski definition) is 1. The molecule has 96 valence electrons. The Bertz CT molecular complexity index is 508. The summed E-state index contributed by atoms with van der Waals surface area (Å²) in [6.07, 6.45) is 2.28. The molecule has 2 aromatic rings. The number of aryl methyl sites for hydroxylation is 1. The zero-order valence-corrected chi connectivity index (χ0v) is 11.9. The van der Waals surface area contributed by atoms with Crippen molar-refractivity contribution in [3.05, 3.63) is 40.9 Å². The van der Waals surface area contributed by atoms with Crippen LogP contribution >= 0.6 is 11.3 Å². The standard InChI is InChI=1S/C15H19NOS/c1-4-5-11-6-8-12(9-7-11)14-16-13(10-18-14)15(2,3)17/h6-10,17H,4-5H2,1-3H3. The molecule has 0 unspecified atom stereocenters. The number of hydrogen-bond acceptors (Lipinski definition) is 3. The molecule has 1 N–H and O–H groups in total. The van der Waals surface area contributed by atoms with Crippen LogP contribution < -0.4 is 0 Å². The molecule has 0 atom stereocenters. The molecule has 0 aliphatic heterocycles. The Morgan fingerprint density at radius 2 is 1.89 bits per heavy atom. The second kappa shape index (κ2) is 5.21. The lowest BCUT2D eigenvalue weighted by molar-refractivity contribution is 0.0746. The van der Waals surface area contributed by atoms with Crippen LogP contribution in [0.25, 0.3) is 10.6 Å². The molecule has 2 nitrogen and oxygen atoms in total. The molecule has 0 saturated heterocycles. The largest absolute Gasteiger partial charge is 0.384 e. The topological polar surface area (TPSA) is 33.1 Å². The number of aliphatic hydroxyl groups is 1. The summed E-state index contributed by atoms with van der Waals surface area (Å²) in [4.78, 5) is 4.50. The highest BCUT2D eigenvalue weighted by atomic mass is 32.1. The number of benzene rings is 1. The Labute approximate surface area is 112 Å². The maximum absolute atomic E-state index is 9.91. The summed E-state index contributed by atoms with van der Waals surface area (Å²) in [6.45, 7) is 5.71. The second-order valence-electron chi connectivity index (χ2n) is 5.04. The third-order valence-corrected chi connectivity index (χ3v) is 3.76. The third-order valence-electron chi connectivity index (χ3n) is 2.87. The Morgan fingerprint density at radius 1 is 1.22 bits per heavy atom. The van der Waals surface area contributed by atoms with E-state index in [-0.39, 0.29) is 0 Å². The Morgan fingerprint density at radius 3 is 2.39 bits per heavy atom. The van der Waals surface area contributed by atoms with E-state index in [9.17, 15) is 5.11 Å². The molecule has 0 bridgehead atoms. The summed E-state index contributed by atoms with van der Waals surface area (Å²) in [6, 6.07) is 8.53. The molecule has 0 saturated carbocycles. The van der Waals surface area contributed by atoms with E-state index in [1.807, 2.05) is 5.38 Å². The highest BCUT2D eigenvalue weighted by Crippen LogP contribution is 2.28. The van der Waals surface area contributed by atoms with Crippen molar-refractivity contribution in [3.63, 3.8) is 0 Å². The maximum Gasteiger partial charge on any atom is 0.123 e. The first-order valence-corrected chi connectivity index (χ1v) is 7.16. The quantitative estimate of drug-likeness (QED) is 0.902. The molecule has 2 rings (SSSR count). The molecule has 18 heavy (non-hydrogen) atoms. The molecular formula is C15H19NOS. The highest BCUT2D eigenvalue weighted by molar-refractivity contribution is 7.13. The molecule has 0 fully saturated rings. The first kappa shape index (κ1) is 13.2. The summed E-state index contributed by atoms with van der Waals surface area (Å²) < 4.78 is 0. The van der Waals surface area contributed by atoms with Gasteiger partial charge in [0.2, 0.25) is 0 Å². The zero-order valence-electron chi connectivity index (χ0n) is 11.1. The molecular weight excluding hydrogens is 242 g/mol. The smallest absolute Gasteiger partial charge is 0.123 e. The molecule has 0 aliphatic carbocycles. The lowest BCUT2D eigenvalue weighted by Gasteiger charge is -2.12. The van der Waals surface area contributed by atoms with Gasteiger partial charge in [0.05, 0.1) is 5.69 Å². The van der Waals surface area contributed by atoms with Gasteiger partial charge in [-0.25, -0.2) is 4.98 Å². The van der Waals surface area contributed by atoms with Crippen molar-refractivity contribution >= 4 is 11.3 Å². The van der Waals surface area contributed by atoms with Crippen LogP contribution in [0.3, 0.4) is 0 Å². The van der Waals surface area contributed by atoms with Gasteiger partial charge in [0.1, 0.15) is 10.6 Å². The van der Waals surface area contributed by atoms with Crippen molar-refractivity contribution in [2.45, 2.75) is 39.2 Å². The minimum Gasteiger partial charge on any atom is -0.384 e. The van der Waals surface area contributed by atoms with Gasteiger partial charge in [0, 0.05) is 10.9 Å². The summed E-state index contributed by atoms with van der Waals surface area (Å²) in [5, 5.41) is 12.8. The first-order valence-electron chi connectivity index (χ1n) is 6.28. The van der Waals surface area contributed by atoms with Gasteiger partial charge in [0.15, 0.2) is 0 Å². The van der Waals surface area contributed by atoms with Gasteiger partial charge in [-0.2, -0.15) is 0 Å². The van der Waals surface area contributed by atoms with E-state index in [0.29, 0.717) is 0 Å². The molecule has 0 amide bonds. The van der Waals surface area contributed by atoms with Crippen molar-refractivity contribution in [1.82, 2.24) is 4.98 Å². The van der Waals surface area contributed by atoms with E-state index < -0.39 is 5.60 Å². The average molecular weight is 261 g/mol. The number of aromatic nitrogens is 1. The van der Waals surface area contributed by atoms with Gasteiger partial charge < -0.3 is 5.11 Å². The van der Waals surface area contributed by atoms with E-state index in [0.717, 1.165) is 22.7 Å². The first-order chi connectivity index (χ1) is 8.50. The van der Waals surface area contributed by atoms with Crippen LogP contribution in [-0.4, -0.2) is 10.1 Å². The fourth-order valence-corrected chi connectivity index (χ4v) is 2.78. The lowest BCUT2D eigenvalue weighted by Crippen LogP contribution is -2.15. The number of rotatable bonds is 4. The third kappa shape index (κ3) is 2.98. The van der Waals surface area contributed by atoms with Gasteiger partial charge >= 0.3 is 0 Å². The second-order valence-corrected chi connectivity index (χ2v) is 5.90. The summed E-state index contributed by atoms with van der Waals surface area (Å²) in [5.41, 5.74) is 2.35. The molecule has 0 aliphatic rings. The minimum atomic E-state index is -0.864. The molecule has 3 heteroatoms. The SMILES string of the molecule is CCCc1ccc(-c2nc(C(C)(C)O)cs2)cc1.